The van der Waals surface area contributed by atoms with Gasteiger partial charge in [-0.2, -0.15) is 5.26 Å². The fraction of sp³-hybridized carbons (Fsp3) is 0.417. The SMILES string of the molecule is CNC1CC(n2cc(C#N)c3ccc(N4CCN(c5cccc(S(C)(=O)=O)c5)CC4)nc32)C1. The molecular formula is C24H28N6O2S. The first-order valence-electron chi connectivity index (χ1n) is 11.3. The van der Waals surface area contributed by atoms with Crippen LogP contribution in [0, 0.1) is 11.3 Å². The number of benzene rings is 1. The maximum Gasteiger partial charge on any atom is 0.175 e. The van der Waals surface area contributed by atoms with E-state index < -0.39 is 9.84 Å². The van der Waals surface area contributed by atoms with Crippen molar-refractivity contribution in [2.75, 3.05) is 49.3 Å². The second kappa shape index (κ2) is 8.36. The van der Waals surface area contributed by atoms with Gasteiger partial charge in [0.2, 0.25) is 0 Å². The molecule has 3 heterocycles. The zero-order chi connectivity index (χ0) is 23.2. The van der Waals surface area contributed by atoms with E-state index in [1.807, 2.05) is 31.4 Å². The molecule has 33 heavy (non-hydrogen) atoms. The van der Waals surface area contributed by atoms with Crippen molar-refractivity contribution in [1.29, 1.82) is 5.26 Å². The van der Waals surface area contributed by atoms with E-state index in [4.69, 9.17) is 4.98 Å². The summed E-state index contributed by atoms with van der Waals surface area (Å²) >= 11 is 0. The van der Waals surface area contributed by atoms with Crippen LogP contribution in [-0.4, -0.2) is 63.5 Å². The number of pyridine rings is 1. The molecule has 9 heteroatoms. The minimum atomic E-state index is -3.23. The van der Waals surface area contributed by atoms with Gasteiger partial charge in [-0.25, -0.2) is 13.4 Å². The van der Waals surface area contributed by atoms with Crippen LogP contribution in [0.4, 0.5) is 11.5 Å². The van der Waals surface area contributed by atoms with Crippen molar-refractivity contribution >= 4 is 32.4 Å². The van der Waals surface area contributed by atoms with Gasteiger partial charge in [0.1, 0.15) is 17.5 Å². The lowest BCUT2D eigenvalue weighted by molar-refractivity contribution is 0.240. The molecule has 1 aliphatic carbocycles. The molecule has 0 atom stereocenters. The minimum Gasteiger partial charge on any atom is -0.368 e. The van der Waals surface area contributed by atoms with E-state index in [0.29, 0.717) is 22.5 Å². The van der Waals surface area contributed by atoms with Gasteiger partial charge in [-0.15, -0.1) is 0 Å². The summed E-state index contributed by atoms with van der Waals surface area (Å²) in [7, 11) is -1.24. The monoisotopic (exact) mass is 464 g/mol. The number of hydrogen-bond donors (Lipinski definition) is 1. The summed E-state index contributed by atoms with van der Waals surface area (Å²) in [6.45, 7) is 3.14. The van der Waals surface area contributed by atoms with E-state index in [9.17, 15) is 13.7 Å². The summed E-state index contributed by atoms with van der Waals surface area (Å²) in [5.74, 6) is 0.917. The van der Waals surface area contributed by atoms with Crippen LogP contribution >= 0.6 is 0 Å². The molecule has 0 amide bonds. The second-order valence-electron chi connectivity index (χ2n) is 8.96. The van der Waals surface area contributed by atoms with Gasteiger partial charge in [0.25, 0.3) is 0 Å². The van der Waals surface area contributed by atoms with Crippen molar-refractivity contribution in [2.24, 2.45) is 0 Å². The van der Waals surface area contributed by atoms with E-state index in [-0.39, 0.29) is 0 Å². The van der Waals surface area contributed by atoms with E-state index in [1.54, 1.807) is 18.2 Å². The number of hydrogen-bond acceptors (Lipinski definition) is 7. The Kier molecular flexibility index (Phi) is 5.51. The number of nitrogens with one attached hydrogen (secondary N) is 1. The first kappa shape index (κ1) is 21.7. The van der Waals surface area contributed by atoms with Crippen LogP contribution < -0.4 is 15.1 Å². The molecule has 1 aromatic carbocycles. The zero-order valence-corrected chi connectivity index (χ0v) is 19.7. The van der Waals surface area contributed by atoms with Crippen molar-refractivity contribution in [1.82, 2.24) is 14.9 Å². The molecular weight excluding hydrogens is 436 g/mol. The van der Waals surface area contributed by atoms with Crippen LogP contribution in [0.5, 0.6) is 0 Å². The van der Waals surface area contributed by atoms with Crippen LogP contribution in [0.15, 0.2) is 47.5 Å². The standard InChI is InChI=1S/C24H28N6O2S/c1-26-18-12-20(13-18)30-16-17(15-25)22-6-7-23(27-24(22)30)29-10-8-28(9-11-29)19-4-3-5-21(14-19)33(2,31)32/h3-7,14,16,18,20,26H,8-13H2,1-2H3. The number of anilines is 2. The van der Waals surface area contributed by atoms with Crippen LogP contribution in [0.1, 0.15) is 24.4 Å². The highest BCUT2D eigenvalue weighted by Crippen LogP contribution is 2.36. The Labute approximate surface area is 194 Å². The van der Waals surface area contributed by atoms with Gasteiger partial charge in [-0.3, -0.25) is 0 Å². The smallest absolute Gasteiger partial charge is 0.175 e. The van der Waals surface area contributed by atoms with Gasteiger partial charge in [0.05, 0.1) is 10.5 Å². The molecule has 5 rings (SSSR count). The molecule has 0 spiro atoms. The Morgan fingerprint density at radius 2 is 1.82 bits per heavy atom. The molecule has 0 bridgehead atoms. The Morgan fingerprint density at radius 1 is 1.09 bits per heavy atom. The quantitative estimate of drug-likeness (QED) is 0.620. The van der Waals surface area contributed by atoms with E-state index in [1.165, 1.54) is 6.26 Å². The number of sulfone groups is 1. The highest BCUT2D eigenvalue weighted by atomic mass is 32.2. The van der Waals surface area contributed by atoms with Gasteiger partial charge < -0.3 is 19.7 Å². The van der Waals surface area contributed by atoms with Crippen molar-refractivity contribution in [3.8, 4) is 6.07 Å². The van der Waals surface area contributed by atoms with Crippen LogP contribution in [0.25, 0.3) is 11.0 Å². The van der Waals surface area contributed by atoms with Crippen molar-refractivity contribution in [3.05, 3.63) is 48.2 Å². The molecule has 0 unspecified atom stereocenters. The fourth-order valence-electron chi connectivity index (χ4n) is 4.81. The molecule has 1 saturated heterocycles. The highest BCUT2D eigenvalue weighted by Gasteiger charge is 2.31. The van der Waals surface area contributed by atoms with Crippen molar-refractivity contribution in [2.45, 2.75) is 29.8 Å². The normalized spacial score (nSPS) is 21.1. The number of nitriles is 1. The maximum atomic E-state index is 11.9. The van der Waals surface area contributed by atoms with Gasteiger partial charge in [0, 0.05) is 61.8 Å². The third kappa shape index (κ3) is 4.05. The molecule has 2 aliphatic rings. The summed E-state index contributed by atoms with van der Waals surface area (Å²) in [6, 6.07) is 14.4. The van der Waals surface area contributed by atoms with E-state index in [2.05, 4.69) is 25.8 Å². The molecule has 172 valence electrons. The predicted octanol–water partition coefficient (Wildman–Crippen LogP) is 2.56. The lowest BCUT2D eigenvalue weighted by Crippen LogP contribution is -2.46. The molecule has 1 N–H and O–H groups in total. The minimum absolute atomic E-state index is 0.347. The molecule has 2 aromatic heterocycles. The van der Waals surface area contributed by atoms with Crippen LogP contribution in [0.2, 0.25) is 0 Å². The molecule has 3 aromatic rings. The third-order valence-electron chi connectivity index (χ3n) is 6.91. The Bertz CT molecular complexity index is 1330. The number of fused-ring (bicyclic) bond motifs is 1. The summed E-state index contributed by atoms with van der Waals surface area (Å²) in [4.78, 5) is 9.81. The molecule has 1 aliphatic heterocycles. The first-order valence-corrected chi connectivity index (χ1v) is 13.2. The summed E-state index contributed by atoms with van der Waals surface area (Å²) in [5, 5.41) is 13.8. The summed E-state index contributed by atoms with van der Waals surface area (Å²) < 4.78 is 26.0. The number of rotatable bonds is 5. The largest absolute Gasteiger partial charge is 0.368 e. The zero-order valence-electron chi connectivity index (χ0n) is 18.9. The predicted molar refractivity (Wildman–Crippen MR) is 130 cm³/mol. The third-order valence-corrected chi connectivity index (χ3v) is 8.02. The topological polar surface area (TPSA) is 94.3 Å². The molecule has 1 saturated carbocycles. The Balaban J connectivity index is 1.35. The lowest BCUT2D eigenvalue weighted by Gasteiger charge is -2.37. The van der Waals surface area contributed by atoms with E-state index in [0.717, 1.165) is 61.6 Å². The fourth-order valence-corrected chi connectivity index (χ4v) is 5.47. The van der Waals surface area contributed by atoms with Gasteiger partial charge in [0.15, 0.2) is 9.84 Å². The lowest BCUT2D eigenvalue weighted by atomic mass is 9.87. The Morgan fingerprint density at radius 3 is 2.48 bits per heavy atom. The van der Waals surface area contributed by atoms with Gasteiger partial charge >= 0.3 is 0 Å². The first-order chi connectivity index (χ1) is 15.9. The van der Waals surface area contributed by atoms with Crippen LogP contribution in [0.3, 0.4) is 0 Å². The number of piperazine rings is 1. The molecule has 2 fully saturated rings. The van der Waals surface area contributed by atoms with E-state index >= 15 is 0 Å². The molecule has 0 radical (unpaired) electrons. The number of nitrogens with zero attached hydrogens (tertiary/aromatic N) is 5. The van der Waals surface area contributed by atoms with Gasteiger partial charge in [-0.05, 0) is 50.2 Å². The van der Waals surface area contributed by atoms with Crippen molar-refractivity contribution < 1.29 is 8.42 Å². The number of aromatic nitrogens is 2. The highest BCUT2D eigenvalue weighted by molar-refractivity contribution is 7.90. The van der Waals surface area contributed by atoms with Crippen LogP contribution in [-0.2, 0) is 9.84 Å². The van der Waals surface area contributed by atoms with Gasteiger partial charge in [-0.1, -0.05) is 6.07 Å². The summed E-state index contributed by atoms with van der Waals surface area (Å²) in [5.41, 5.74) is 2.48. The molecule has 8 nitrogen and oxygen atoms in total. The van der Waals surface area contributed by atoms with Crippen molar-refractivity contribution in [3.63, 3.8) is 0 Å². The average Bonchev–Trinajstić information content (AvgIpc) is 3.16. The average molecular weight is 465 g/mol. The second-order valence-corrected chi connectivity index (χ2v) is 11.0. The maximum absolute atomic E-state index is 11.9. The summed E-state index contributed by atoms with van der Waals surface area (Å²) in [6.07, 6.45) is 5.28. The Hall–Kier alpha value is -3.09.